The van der Waals surface area contributed by atoms with Crippen molar-refractivity contribution in [3.8, 4) is 0 Å². The number of benzene rings is 1. The molecule has 1 aromatic carbocycles. The molecule has 108 valence electrons. The van der Waals surface area contributed by atoms with E-state index in [4.69, 9.17) is 0 Å². The van der Waals surface area contributed by atoms with Gasteiger partial charge in [0.25, 0.3) is 0 Å². The molecule has 0 aromatic heterocycles. The number of hydrogen-bond acceptors (Lipinski definition) is 3. The van der Waals surface area contributed by atoms with Gasteiger partial charge in [-0.1, -0.05) is 12.1 Å². The van der Waals surface area contributed by atoms with Crippen molar-refractivity contribution in [1.29, 1.82) is 0 Å². The molecule has 0 aliphatic carbocycles. The maximum Gasteiger partial charge on any atom is 0.224 e. The van der Waals surface area contributed by atoms with Crippen molar-refractivity contribution >= 4 is 11.6 Å². The molecule has 4 heteroatoms. The van der Waals surface area contributed by atoms with Gasteiger partial charge in [0, 0.05) is 18.7 Å². The fraction of sp³-hybridized carbons (Fsp3) is 0.562. The number of nitrogens with zero attached hydrogens (tertiary/aromatic N) is 1. The number of carbonyl (C=O) groups excluding carboxylic acids is 1. The molecule has 20 heavy (non-hydrogen) atoms. The van der Waals surface area contributed by atoms with Gasteiger partial charge in [-0.25, -0.2) is 0 Å². The zero-order valence-electron chi connectivity index (χ0n) is 11.9. The Morgan fingerprint density at radius 2 is 2.10 bits per heavy atom. The molecule has 1 amide bonds. The number of amides is 1. The van der Waals surface area contributed by atoms with Crippen molar-refractivity contribution in [1.82, 2.24) is 10.2 Å². The molecular formula is C16H23N3O. The second kappa shape index (κ2) is 6.37. The van der Waals surface area contributed by atoms with Crippen LogP contribution in [0.5, 0.6) is 0 Å². The summed E-state index contributed by atoms with van der Waals surface area (Å²) in [7, 11) is 0. The van der Waals surface area contributed by atoms with Crippen LogP contribution in [0.2, 0.25) is 0 Å². The Labute approximate surface area is 120 Å². The number of hydrogen-bond donors (Lipinski definition) is 2. The SMILES string of the molecule is O=C(CC1CNC1)Nc1cccc(CN2CCCC2)c1. The van der Waals surface area contributed by atoms with Crippen molar-refractivity contribution in [2.24, 2.45) is 5.92 Å². The van der Waals surface area contributed by atoms with E-state index in [0.717, 1.165) is 25.3 Å². The van der Waals surface area contributed by atoms with E-state index in [1.165, 1.54) is 31.5 Å². The Balaban J connectivity index is 1.54. The Bertz CT molecular complexity index is 465. The summed E-state index contributed by atoms with van der Waals surface area (Å²) < 4.78 is 0. The molecule has 1 aromatic rings. The van der Waals surface area contributed by atoms with Crippen LogP contribution in [-0.2, 0) is 11.3 Å². The van der Waals surface area contributed by atoms with E-state index in [0.29, 0.717) is 12.3 Å². The molecule has 2 fully saturated rings. The molecule has 2 heterocycles. The van der Waals surface area contributed by atoms with Crippen LogP contribution in [-0.4, -0.2) is 37.0 Å². The van der Waals surface area contributed by atoms with Crippen LogP contribution in [0.1, 0.15) is 24.8 Å². The Morgan fingerprint density at radius 1 is 1.30 bits per heavy atom. The van der Waals surface area contributed by atoms with E-state index >= 15 is 0 Å². The van der Waals surface area contributed by atoms with Crippen molar-refractivity contribution in [3.63, 3.8) is 0 Å². The van der Waals surface area contributed by atoms with Crippen LogP contribution in [0.15, 0.2) is 24.3 Å². The van der Waals surface area contributed by atoms with Crippen LogP contribution in [0.3, 0.4) is 0 Å². The first-order valence-corrected chi connectivity index (χ1v) is 7.61. The first-order chi connectivity index (χ1) is 9.79. The average Bonchev–Trinajstić information content (AvgIpc) is 2.87. The fourth-order valence-electron chi connectivity index (χ4n) is 2.91. The summed E-state index contributed by atoms with van der Waals surface area (Å²) in [5, 5.41) is 6.22. The zero-order chi connectivity index (χ0) is 13.8. The lowest BCUT2D eigenvalue weighted by atomic mass is 9.99. The van der Waals surface area contributed by atoms with Crippen LogP contribution in [0.4, 0.5) is 5.69 Å². The van der Waals surface area contributed by atoms with E-state index in [-0.39, 0.29) is 5.91 Å². The van der Waals surface area contributed by atoms with Crippen molar-refractivity contribution in [2.45, 2.75) is 25.8 Å². The van der Waals surface area contributed by atoms with E-state index in [2.05, 4.69) is 27.7 Å². The van der Waals surface area contributed by atoms with Crippen molar-refractivity contribution in [3.05, 3.63) is 29.8 Å². The summed E-state index contributed by atoms with van der Waals surface area (Å²) >= 11 is 0. The Kier molecular flexibility index (Phi) is 4.33. The van der Waals surface area contributed by atoms with Crippen LogP contribution in [0.25, 0.3) is 0 Å². The van der Waals surface area contributed by atoms with Crippen LogP contribution >= 0.6 is 0 Å². The summed E-state index contributed by atoms with van der Waals surface area (Å²) in [4.78, 5) is 14.4. The molecule has 0 bridgehead atoms. The third-order valence-electron chi connectivity index (χ3n) is 4.16. The molecule has 0 atom stereocenters. The lowest BCUT2D eigenvalue weighted by Gasteiger charge is -2.26. The summed E-state index contributed by atoms with van der Waals surface area (Å²) in [5.74, 6) is 0.651. The highest BCUT2D eigenvalue weighted by molar-refractivity contribution is 5.91. The number of likely N-dealkylation sites (tertiary alicyclic amines) is 1. The van der Waals surface area contributed by atoms with Gasteiger partial charge in [0.15, 0.2) is 0 Å². The highest BCUT2D eigenvalue weighted by Crippen LogP contribution is 2.17. The maximum absolute atomic E-state index is 11.9. The van der Waals surface area contributed by atoms with Crippen molar-refractivity contribution in [2.75, 3.05) is 31.5 Å². The molecule has 0 spiro atoms. The minimum absolute atomic E-state index is 0.134. The quantitative estimate of drug-likeness (QED) is 0.860. The largest absolute Gasteiger partial charge is 0.326 e. The normalized spacial score (nSPS) is 19.8. The average molecular weight is 273 g/mol. The number of rotatable bonds is 5. The van der Waals surface area contributed by atoms with Gasteiger partial charge in [0.2, 0.25) is 5.91 Å². The van der Waals surface area contributed by atoms with Gasteiger partial charge in [-0.2, -0.15) is 0 Å². The standard InChI is InChI=1S/C16H23N3O/c20-16(9-14-10-17-11-14)18-15-5-3-4-13(8-15)12-19-6-1-2-7-19/h3-5,8,14,17H,1-2,6-7,9-12H2,(H,18,20). The van der Waals surface area contributed by atoms with Gasteiger partial charge in [-0.3, -0.25) is 9.69 Å². The first kappa shape index (κ1) is 13.6. The third kappa shape index (κ3) is 3.58. The molecule has 2 aliphatic heterocycles. The lowest BCUT2D eigenvalue weighted by molar-refractivity contribution is -0.117. The van der Waals surface area contributed by atoms with Gasteiger partial charge < -0.3 is 10.6 Å². The predicted octanol–water partition coefficient (Wildman–Crippen LogP) is 1.83. The van der Waals surface area contributed by atoms with E-state index in [1.807, 2.05) is 12.1 Å². The Hall–Kier alpha value is -1.39. The van der Waals surface area contributed by atoms with Gasteiger partial charge >= 0.3 is 0 Å². The second-order valence-corrected chi connectivity index (χ2v) is 5.96. The summed E-state index contributed by atoms with van der Waals surface area (Å²) in [5.41, 5.74) is 2.22. The second-order valence-electron chi connectivity index (χ2n) is 5.96. The van der Waals surface area contributed by atoms with Crippen LogP contribution in [0, 0.1) is 5.92 Å². The number of anilines is 1. The van der Waals surface area contributed by atoms with E-state index in [1.54, 1.807) is 0 Å². The molecule has 0 unspecified atom stereocenters. The van der Waals surface area contributed by atoms with Gasteiger partial charge in [0.1, 0.15) is 0 Å². The smallest absolute Gasteiger partial charge is 0.224 e. The van der Waals surface area contributed by atoms with E-state index < -0.39 is 0 Å². The summed E-state index contributed by atoms with van der Waals surface area (Å²) in [6, 6.07) is 8.26. The zero-order valence-corrected chi connectivity index (χ0v) is 11.9. The molecular weight excluding hydrogens is 250 g/mol. The van der Waals surface area contributed by atoms with Gasteiger partial charge in [-0.05, 0) is 62.6 Å². The van der Waals surface area contributed by atoms with Crippen LogP contribution < -0.4 is 10.6 Å². The molecule has 2 N–H and O–H groups in total. The summed E-state index contributed by atoms with van der Waals surface area (Å²) in [6.07, 6.45) is 3.25. The van der Waals surface area contributed by atoms with E-state index in [9.17, 15) is 4.79 Å². The number of nitrogens with one attached hydrogen (secondary N) is 2. The Morgan fingerprint density at radius 3 is 2.80 bits per heavy atom. The fourth-order valence-corrected chi connectivity index (χ4v) is 2.91. The first-order valence-electron chi connectivity index (χ1n) is 7.61. The van der Waals surface area contributed by atoms with Crippen molar-refractivity contribution < 1.29 is 4.79 Å². The highest BCUT2D eigenvalue weighted by Gasteiger charge is 2.20. The maximum atomic E-state index is 11.9. The lowest BCUT2D eigenvalue weighted by Crippen LogP contribution is -2.43. The minimum Gasteiger partial charge on any atom is -0.326 e. The molecule has 0 saturated carbocycles. The highest BCUT2D eigenvalue weighted by atomic mass is 16.1. The molecule has 3 rings (SSSR count). The topological polar surface area (TPSA) is 44.4 Å². The minimum atomic E-state index is 0.134. The third-order valence-corrected chi connectivity index (χ3v) is 4.16. The molecule has 0 radical (unpaired) electrons. The predicted molar refractivity (Wildman–Crippen MR) is 80.6 cm³/mol. The van der Waals surface area contributed by atoms with Gasteiger partial charge in [-0.15, -0.1) is 0 Å². The number of carbonyl (C=O) groups is 1. The molecule has 2 aliphatic rings. The molecule has 4 nitrogen and oxygen atoms in total. The molecule has 2 saturated heterocycles. The van der Waals surface area contributed by atoms with Gasteiger partial charge in [0.05, 0.1) is 0 Å². The summed E-state index contributed by atoms with van der Waals surface area (Å²) in [6.45, 7) is 5.34. The monoisotopic (exact) mass is 273 g/mol.